The fourth-order valence-electron chi connectivity index (χ4n) is 3.30. The Labute approximate surface area is 183 Å². The van der Waals surface area contributed by atoms with Crippen LogP contribution >= 0.6 is 0 Å². The number of nitrogens with one attached hydrogen (secondary N) is 2. The number of halogens is 3. The van der Waals surface area contributed by atoms with Crippen LogP contribution in [0.1, 0.15) is 5.56 Å². The summed E-state index contributed by atoms with van der Waals surface area (Å²) >= 11 is 0. The Morgan fingerprint density at radius 3 is 2.67 bits per heavy atom. The Bertz CT molecular complexity index is 1380. The number of aromatic amines is 1. The number of anilines is 1. The lowest BCUT2D eigenvalue weighted by atomic mass is 10.2. The zero-order valence-electron chi connectivity index (χ0n) is 17.0. The lowest BCUT2D eigenvalue weighted by Gasteiger charge is -2.11. The van der Waals surface area contributed by atoms with Gasteiger partial charge in [0, 0.05) is 11.1 Å². The van der Waals surface area contributed by atoms with E-state index in [9.17, 15) is 22.8 Å². The van der Waals surface area contributed by atoms with Crippen LogP contribution in [0.4, 0.5) is 19.0 Å². The Kier molecular flexibility index (Phi) is 5.73. The normalized spacial score (nSPS) is 11.4. The molecule has 0 spiro atoms. The van der Waals surface area contributed by atoms with Gasteiger partial charge in [-0.25, -0.2) is 14.8 Å². The number of amides is 1. The van der Waals surface area contributed by atoms with Crippen molar-refractivity contribution in [3.05, 3.63) is 64.6 Å². The summed E-state index contributed by atoms with van der Waals surface area (Å²) in [5.41, 5.74) is 0.653. The van der Waals surface area contributed by atoms with Gasteiger partial charge in [0.1, 0.15) is 17.0 Å². The van der Waals surface area contributed by atoms with Crippen molar-refractivity contribution in [3.8, 4) is 22.9 Å². The Morgan fingerprint density at radius 1 is 1.15 bits per heavy atom. The first-order valence-corrected chi connectivity index (χ1v) is 9.48. The van der Waals surface area contributed by atoms with Gasteiger partial charge in [-0.3, -0.25) is 9.36 Å². The molecular weight excluding hydrogens is 443 g/mol. The fraction of sp³-hybridized carbons (Fsp3) is 0.143. The van der Waals surface area contributed by atoms with Crippen molar-refractivity contribution in [1.29, 1.82) is 0 Å². The third kappa shape index (κ3) is 4.63. The number of carbonyl (C=O) groups excluding carboxylic acids is 1. The summed E-state index contributed by atoms with van der Waals surface area (Å²) in [5, 5.41) is 2.39. The highest BCUT2D eigenvalue weighted by atomic mass is 19.4. The molecule has 2 heterocycles. The number of rotatable bonds is 7. The minimum absolute atomic E-state index is 0.0111. The quantitative estimate of drug-likeness (QED) is 0.410. The highest BCUT2D eigenvalue weighted by molar-refractivity contribution is 5.90. The van der Waals surface area contributed by atoms with Gasteiger partial charge in [-0.1, -0.05) is 30.3 Å². The molecule has 0 radical (unpaired) electrons. The predicted molar refractivity (Wildman–Crippen MR) is 112 cm³/mol. The van der Waals surface area contributed by atoms with Crippen molar-refractivity contribution in [1.82, 2.24) is 19.5 Å². The van der Waals surface area contributed by atoms with E-state index >= 15 is 0 Å². The smallest absolute Gasteiger partial charge is 0.496 e. The average molecular weight is 459 g/mol. The van der Waals surface area contributed by atoms with Gasteiger partial charge < -0.3 is 19.8 Å². The maximum atomic E-state index is 12.7. The first kappa shape index (κ1) is 21.9. The SMILES string of the molecule is COc1ccccc1Cn1c(=O)[nH]c2c(NC=O)nc(-c3cccc(OC(F)(F)F)c3)nc21. The van der Waals surface area contributed by atoms with Crippen LogP contribution in [0.25, 0.3) is 22.6 Å². The van der Waals surface area contributed by atoms with Crippen LogP contribution < -0.4 is 20.5 Å². The van der Waals surface area contributed by atoms with Gasteiger partial charge >= 0.3 is 12.1 Å². The molecule has 9 nitrogen and oxygen atoms in total. The molecule has 0 aliphatic rings. The number of methoxy groups -OCH3 is 1. The molecule has 2 aromatic heterocycles. The zero-order chi connectivity index (χ0) is 23.6. The van der Waals surface area contributed by atoms with Crippen LogP contribution in [0.3, 0.4) is 0 Å². The van der Waals surface area contributed by atoms with E-state index in [4.69, 9.17) is 4.74 Å². The van der Waals surface area contributed by atoms with E-state index in [1.807, 2.05) is 0 Å². The van der Waals surface area contributed by atoms with Crippen molar-refractivity contribution in [3.63, 3.8) is 0 Å². The molecule has 1 amide bonds. The van der Waals surface area contributed by atoms with Crippen LogP contribution in [-0.2, 0) is 11.3 Å². The van der Waals surface area contributed by atoms with Gasteiger partial charge in [-0.05, 0) is 18.2 Å². The minimum atomic E-state index is -4.87. The van der Waals surface area contributed by atoms with E-state index in [0.717, 1.165) is 12.1 Å². The lowest BCUT2D eigenvalue weighted by molar-refractivity contribution is -0.274. The summed E-state index contributed by atoms with van der Waals surface area (Å²) in [7, 11) is 1.50. The van der Waals surface area contributed by atoms with Gasteiger partial charge in [0.15, 0.2) is 17.3 Å². The number of alkyl halides is 3. The van der Waals surface area contributed by atoms with Gasteiger partial charge in [-0.15, -0.1) is 13.2 Å². The molecule has 0 fully saturated rings. The van der Waals surface area contributed by atoms with Crippen molar-refractivity contribution in [2.24, 2.45) is 0 Å². The number of ether oxygens (including phenoxy) is 2. The maximum Gasteiger partial charge on any atom is 0.573 e. The van der Waals surface area contributed by atoms with Crippen LogP contribution in [0, 0.1) is 0 Å². The highest BCUT2D eigenvalue weighted by Crippen LogP contribution is 2.29. The van der Waals surface area contributed by atoms with Crippen molar-refractivity contribution in [2.75, 3.05) is 12.4 Å². The second kappa shape index (κ2) is 8.65. The second-order valence-corrected chi connectivity index (χ2v) is 6.76. The third-order valence-corrected chi connectivity index (χ3v) is 4.67. The zero-order valence-corrected chi connectivity index (χ0v) is 17.0. The van der Waals surface area contributed by atoms with Crippen molar-refractivity contribution < 1.29 is 27.4 Å². The van der Waals surface area contributed by atoms with Crippen LogP contribution in [-0.4, -0.2) is 39.4 Å². The number of aromatic nitrogens is 4. The summed E-state index contributed by atoms with van der Waals surface area (Å²) in [6.07, 6.45) is -4.51. The Balaban J connectivity index is 1.86. The minimum Gasteiger partial charge on any atom is -0.496 e. The second-order valence-electron chi connectivity index (χ2n) is 6.76. The molecule has 2 N–H and O–H groups in total. The molecule has 0 unspecified atom stereocenters. The average Bonchev–Trinajstić information content (AvgIpc) is 3.09. The van der Waals surface area contributed by atoms with E-state index in [2.05, 4.69) is 25.0 Å². The van der Waals surface area contributed by atoms with E-state index in [0.29, 0.717) is 17.7 Å². The first-order chi connectivity index (χ1) is 15.8. The van der Waals surface area contributed by atoms with E-state index in [1.54, 1.807) is 24.3 Å². The van der Waals surface area contributed by atoms with Crippen molar-refractivity contribution in [2.45, 2.75) is 12.9 Å². The summed E-state index contributed by atoms with van der Waals surface area (Å²) in [5.74, 6) is 0.0561. The molecular formula is C21H16F3N5O4. The Morgan fingerprint density at radius 2 is 1.94 bits per heavy atom. The van der Waals surface area contributed by atoms with Crippen LogP contribution in [0.5, 0.6) is 11.5 Å². The number of H-pyrrole nitrogens is 1. The summed E-state index contributed by atoms with van der Waals surface area (Å²) < 4.78 is 48.5. The molecule has 170 valence electrons. The van der Waals surface area contributed by atoms with E-state index in [1.165, 1.54) is 23.8 Å². The highest BCUT2D eigenvalue weighted by Gasteiger charge is 2.31. The number of benzene rings is 2. The molecule has 0 bridgehead atoms. The van der Waals surface area contributed by atoms with Gasteiger partial charge in [0.05, 0.1) is 13.7 Å². The summed E-state index contributed by atoms with van der Waals surface area (Å²) in [4.78, 5) is 35.0. The number of fused-ring (bicyclic) bond motifs is 1. The molecule has 4 rings (SSSR count). The van der Waals surface area contributed by atoms with Crippen molar-refractivity contribution >= 4 is 23.4 Å². The first-order valence-electron chi connectivity index (χ1n) is 9.48. The number of hydrogen-bond acceptors (Lipinski definition) is 6. The molecule has 12 heteroatoms. The largest absolute Gasteiger partial charge is 0.573 e. The number of para-hydroxylation sites is 1. The molecule has 0 saturated carbocycles. The molecule has 2 aromatic carbocycles. The third-order valence-electron chi connectivity index (χ3n) is 4.67. The number of nitrogens with zero attached hydrogens (tertiary/aromatic N) is 3. The van der Waals surface area contributed by atoms with E-state index < -0.39 is 17.8 Å². The number of imidazole rings is 1. The lowest BCUT2D eigenvalue weighted by Crippen LogP contribution is -2.18. The molecule has 0 saturated heterocycles. The standard InChI is InChI=1S/C21H16F3N5O4/c1-32-15-8-3-2-5-13(15)10-29-19-16(26-20(29)31)18(25-11-30)27-17(28-19)12-6-4-7-14(9-12)33-21(22,23)24/h2-9,11H,10H2,1H3,(H,26,31)(H,25,27,28,30). The van der Waals surface area contributed by atoms with Gasteiger partial charge in [0.25, 0.3) is 0 Å². The monoisotopic (exact) mass is 459 g/mol. The van der Waals surface area contributed by atoms with Gasteiger partial charge in [0.2, 0.25) is 6.41 Å². The summed E-state index contributed by atoms with van der Waals surface area (Å²) in [6, 6.07) is 12.1. The van der Waals surface area contributed by atoms with Crippen LogP contribution in [0.2, 0.25) is 0 Å². The molecule has 0 atom stereocenters. The topological polar surface area (TPSA) is 111 Å². The molecule has 4 aromatic rings. The van der Waals surface area contributed by atoms with Gasteiger partial charge in [-0.2, -0.15) is 0 Å². The number of hydrogen-bond donors (Lipinski definition) is 2. The van der Waals surface area contributed by atoms with Crippen LogP contribution in [0.15, 0.2) is 53.3 Å². The molecule has 33 heavy (non-hydrogen) atoms. The Hall–Kier alpha value is -4.35. The maximum absolute atomic E-state index is 12.7. The fourth-order valence-corrected chi connectivity index (χ4v) is 3.30. The van der Waals surface area contributed by atoms with E-state index in [-0.39, 0.29) is 34.9 Å². The molecule has 0 aliphatic heterocycles. The molecule has 0 aliphatic carbocycles. The predicted octanol–water partition coefficient (Wildman–Crippen LogP) is 3.31. The summed E-state index contributed by atoms with van der Waals surface area (Å²) in [6.45, 7) is 0.0804. The number of carbonyl (C=O) groups is 1.